The van der Waals surface area contributed by atoms with Crippen LogP contribution < -0.4 is 0 Å². The van der Waals surface area contributed by atoms with Gasteiger partial charge in [-0.15, -0.1) is 0 Å². The van der Waals surface area contributed by atoms with Crippen LogP contribution in [0.3, 0.4) is 0 Å². The monoisotopic (exact) mass is 390 g/mol. The maximum Gasteiger partial charge on any atom is 0.425 e. The molecule has 0 aliphatic heterocycles. The number of hydrogen-bond acceptors (Lipinski definition) is 6. The van der Waals surface area contributed by atoms with Crippen LogP contribution in [0.15, 0.2) is 24.3 Å². The minimum atomic E-state index is -5.22. The van der Waals surface area contributed by atoms with Crippen molar-refractivity contribution in [3.63, 3.8) is 0 Å². The number of esters is 2. The van der Waals surface area contributed by atoms with E-state index in [-0.39, 0.29) is 11.1 Å². The maximum absolute atomic E-state index is 12.2. The van der Waals surface area contributed by atoms with E-state index in [0.29, 0.717) is 0 Å². The molecule has 0 saturated carbocycles. The average Bonchev–Trinajstić information content (AvgIpc) is 2.55. The Labute approximate surface area is 141 Å². The highest BCUT2D eigenvalue weighted by Gasteiger charge is 2.45. The molecule has 6 nitrogen and oxygen atoms in total. The van der Waals surface area contributed by atoms with Crippen LogP contribution in [0.4, 0.5) is 26.3 Å². The van der Waals surface area contributed by atoms with Crippen molar-refractivity contribution in [2.24, 2.45) is 0 Å². The lowest BCUT2D eigenvalue weighted by Gasteiger charge is -2.16. The number of aliphatic hydroxyl groups is 2. The fourth-order valence-corrected chi connectivity index (χ4v) is 1.56. The summed E-state index contributed by atoms with van der Waals surface area (Å²) in [6.45, 7) is -1.52. The zero-order valence-electron chi connectivity index (χ0n) is 12.7. The molecule has 12 heteroatoms. The summed E-state index contributed by atoms with van der Waals surface area (Å²) >= 11 is 0. The summed E-state index contributed by atoms with van der Waals surface area (Å²) in [6, 6.07) is 5.24. The molecule has 0 bridgehead atoms. The highest BCUT2D eigenvalue weighted by atomic mass is 19.4. The molecule has 0 amide bonds. The predicted octanol–water partition coefficient (Wildman–Crippen LogP) is 1.62. The van der Waals surface area contributed by atoms with Crippen molar-refractivity contribution >= 4 is 11.9 Å². The first kappa shape index (κ1) is 21.7. The molecule has 146 valence electrons. The smallest absolute Gasteiger partial charge is 0.425 e. The largest absolute Gasteiger partial charge is 0.459 e. The molecule has 2 atom stereocenters. The van der Waals surface area contributed by atoms with E-state index in [4.69, 9.17) is 10.2 Å². The molecule has 0 fully saturated rings. The van der Waals surface area contributed by atoms with Crippen LogP contribution in [0.2, 0.25) is 0 Å². The summed E-state index contributed by atoms with van der Waals surface area (Å²) in [5, 5.41) is 17.4. The van der Waals surface area contributed by atoms with Gasteiger partial charge in [0.2, 0.25) is 12.2 Å². The number of benzene rings is 1. The third kappa shape index (κ3) is 6.19. The number of alkyl halides is 6. The van der Waals surface area contributed by atoms with E-state index < -0.39 is 49.7 Å². The number of ether oxygens (including phenoxy) is 2. The molecule has 0 radical (unpaired) electrons. The van der Waals surface area contributed by atoms with E-state index in [0.717, 1.165) is 0 Å². The lowest BCUT2D eigenvalue weighted by atomic mass is 10.1. The van der Waals surface area contributed by atoms with Gasteiger partial charge in [0.25, 0.3) is 0 Å². The molecule has 0 saturated heterocycles. The van der Waals surface area contributed by atoms with Crippen molar-refractivity contribution < 1.29 is 55.6 Å². The fraction of sp³-hybridized carbons (Fsp3) is 0.429. The summed E-state index contributed by atoms with van der Waals surface area (Å²) in [5.74, 6) is -3.95. The summed E-state index contributed by atoms with van der Waals surface area (Å²) < 4.78 is 81.5. The highest BCUT2D eigenvalue weighted by Crippen LogP contribution is 2.23. The first-order valence-corrected chi connectivity index (χ1v) is 6.73. The Balaban J connectivity index is 2.71. The molecule has 0 aliphatic rings. The molecular formula is C14H12F6O6. The molecule has 0 aliphatic carbocycles. The van der Waals surface area contributed by atoms with Gasteiger partial charge in [-0.2, -0.15) is 26.3 Å². The van der Waals surface area contributed by atoms with Crippen LogP contribution in [0, 0.1) is 0 Å². The standard InChI is InChI=1S/C14H12F6O6/c15-13(16,17)9(21)11(23)25-5-7-3-1-2-4-8(7)6-26-12(24)10(22)14(18,19)20/h1-4,9-10,21-22H,5-6H2/t9-,10-/m1/s1. The predicted molar refractivity (Wildman–Crippen MR) is 70.2 cm³/mol. The molecule has 0 heterocycles. The van der Waals surface area contributed by atoms with Crippen LogP contribution in [-0.4, -0.2) is 46.7 Å². The third-order valence-electron chi connectivity index (χ3n) is 2.92. The SMILES string of the molecule is O=C(OCc1ccccc1COC(=O)[C@@H](O)C(F)(F)F)[C@@H](O)C(F)(F)F. The molecule has 0 spiro atoms. The molecule has 26 heavy (non-hydrogen) atoms. The van der Waals surface area contributed by atoms with Gasteiger partial charge in [-0.1, -0.05) is 24.3 Å². The van der Waals surface area contributed by atoms with Crippen LogP contribution >= 0.6 is 0 Å². The van der Waals surface area contributed by atoms with Gasteiger partial charge in [0.1, 0.15) is 13.2 Å². The van der Waals surface area contributed by atoms with Crippen molar-refractivity contribution in [2.45, 2.75) is 37.8 Å². The van der Waals surface area contributed by atoms with E-state index in [1.165, 1.54) is 24.3 Å². The third-order valence-corrected chi connectivity index (χ3v) is 2.92. The maximum atomic E-state index is 12.2. The summed E-state index contributed by atoms with van der Waals surface area (Å²) in [4.78, 5) is 22.2. The van der Waals surface area contributed by atoms with Crippen molar-refractivity contribution in [1.82, 2.24) is 0 Å². The Kier molecular flexibility index (Phi) is 6.98. The van der Waals surface area contributed by atoms with Crippen molar-refractivity contribution in [3.8, 4) is 0 Å². The van der Waals surface area contributed by atoms with Gasteiger partial charge < -0.3 is 19.7 Å². The minimum Gasteiger partial charge on any atom is -0.459 e. The second-order valence-electron chi connectivity index (χ2n) is 4.87. The van der Waals surface area contributed by atoms with Crippen LogP contribution in [-0.2, 0) is 32.3 Å². The number of carbonyl (C=O) groups excluding carboxylic acids is 2. The number of carbonyl (C=O) groups is 2. The molecule has 1 rings (SSSR count). The second kappa shape index (κ2) is 8.36. The van der Waals surface area contributed by atoms with Gasteiger partial charge in [-0.3, -0.25) is 0 Å². The van der Waals surface area contributed by atoms with Crippen molar-refractivity contribution in [3.05, 3.63) is 35.4 Å². The quantitative estimate of drug-likeness (QED) is 0.567. The Morgan fingerprint density at radius 1 is 0.808 bits per heavy atom. The van der Waals surface area contributed by atoms with Crippen LogP contribution in [0.5, 0.6) is 0 Å². The Hall–Kier alpha value is -2.34. The van der Waals surface area contributed by atoms with E-state index in [1.807, 2.05) is 0 Å². The normalized spacial score (nSPS) is 14.5. The number of rotatable bonds is 6. The van der Waals surface area contributed by atoms with Gasteiger partial charge in [0, 0.05) is 0 Å². The van der Waals surface area contributed by atoms with Crippen molar-refractivity contribution in [2.75, 3.05) is 0 Å². The molecule has 1 aromatic carbocycles. The Morgan fingerprint density at radius 3 is 1.38 bits per heavy atom. The minimum absolute atomic E-state index is 0.0181. The first-order valence-electron chi connectivity index (χ1n) is 6.73. The van der Waals surface area contributed by atoms with E-state index >= 15 is 0 Å². The van der Waals surface area contributed by atoms with Crippen LogP contribution in [0.1, 0.15) is 11.1 Å². The van der Waals surface area contributed by atoms with Gasteiger partial charge in [0.15, 0.2) is 0 Å². The molecule has 0 aromatic heterocycles. The zero-order chi connectivity index (χ0) is 20.1. The van der Waals surface area contributed by atoms with Gasteiger partial charge in [-0.05, 0) is 11.1 Å². The first-order chi connectivity index (χ1) is 11.8. The molecule has 0 unspecified atom stereocenters. The average molecular weight is 390 g/mol. The van der Waals surface area contributed by atoms with Crippen molar-refractivity contribution in [1.29, 1.82) is 0 Å². The van der Waals surface area contributed by atoms with Gasteiger partial charge in [0.05, 0.1) is 0 Å². The zero-order valence-corrected chi connectivity index (χ0v) is 12.7. The van der Waals surface area contributed by atoms with E-state index in [2.05, 4.69) is 9.47 Å². The summed E-state index contributed by atoms with van der Waals surface area (Å²) in [5.41, 5.74) is 0.0362. The molecule has 1 aromatic rings. The number of aliphatic hydroxyl groups excluding tert-OH is 2. The summed E-state index contributed by atoms with van der Waals surface area (Å²) in [7, 11) is 0. The van der Waals surface area contributed by atoms with Gasteiger partial charge >= 0.3 is 24.3 Å². The van der Waals surface area contributed by atoms with E-state index in [9.17, 15) is 35.9 Å². The topological polar surface area (TPSA) is 93.1 Å². The lowest BCUT2D eigenvalue weighted by molar-refractivity contribution is -0.220. The number of hydrogen-bond donors (Lipinski definition) is 2. The Bertz CT molecular complexity index is 587. The van der Waals surface area contributed by atoms with Crippen LogP contribution in [0.25, 0.3) is 0 Å². The molecular weight excluding hydrogens is 378 g/mol. The lowest BCUT2D eigenvalue weighted by Crippen LogP contribution is -2.38. The summed E-state index contributed by atoms with van der Waals surface area (Å²) in [6.07, 6.45) is -17.1. The highest BCUT2D eigenvalue weighted by molar-refractivity contribution is 5.75. The van der Waals surface area contributed by atoms with E-state index in [1.54, 1.807) is 0 Å². The Morgan fingerprint density at radius 2 is 1.12 bits per heavy atom. The second-order valence-corrected chi connectivity index (χ2v) is 4.87. The fourth-order valence-electron chi connectivity index (χ4n) is 1.56. The number of halogens is 6. The molecule has 2 N–H and O–H groups in total. The van der Waals surface area contributed by atoms with Gasteiger partial charge in [-0.25, -0.2) is 9.59 Å².